The van der Waals surface area contributed by atoms with Gasteiger partial charge in [0.1, 0.15) is 0 Å². The van der Waals surface area contributed by atoms with Crippen molar-refractivity contribution in [1.82, 2.24) is 5.32 Å². The SMILES string of the molecule is C[CH]OCCNC. The maximum Gasteiger partial charge on any atom is 0.0806 e. The van der Waals surface area contributed by atoms with E-state index in [1.165, 1.54) is 0 Å². The van der Waals surface area contributed by atoms with Gasteiger partial charge in [-0.15, -0.1) is 0 Å². The zero-order valence-electron chi connectivity index (χ0n) is 4.90. The van der Waals surface area contributed by atoms with Gasteiger partial charge in [-0.2, -0.15) is 0 Å². The number of nitrogens with one attached hydrogen (secondary N) is 1. The molecule has 0 fully saturated rings. The van der Waals surface area contributed by atoms with E-state index in [4.69, 9.17) is 4.74 Å². The summed E-state index contributed by atoms with van der Waals surface area (Å²) in [5.41, 5.74) is 0. The molecule has 1 radical (unpaired) electrons. The van der Waals surface area contributed by atoms with E-state index >= 15 is 0 Å². The van der Waals surface area contributed by atoms with Crippen LogP contribution in [0.5, 0.6) is 0 Å². The van der Waals surface area contributed by atoms with Crippen LogP contribution in [0.15, 0.2) is 0 Å². The molecule has 0 unspecified atom stereocenters. The predicted molar refractivity (Wildman–Crippen MR) is 29.9 cm³/mol. The van der Waals surface area contributed by atoms with Crippen molar-refractivity contribution >= 4 is 0 Å². The highest BCUT2D eigenvalue weighted by molar-refractivity contribution is 4.38. The largest absolute Gasteiger partial charge is 0.375 e. The molecule has 0 aromatic heterocycles. The first kappa shape index (κ1) is 6.92. The van der Waals surface area contributed by atoms with Gasteiger partial charge in [0.2, 0.25) is 0 Å². The highest BCUT2D eigenvalue weighted by atomic mass is 16.5. The summed E-state index contributed by atoms with van der Waals surface area (Å²) in [5, 5.41) is 2.96. The van der Waals surface area contributed by atoms with Crippen LogP contribution < -0.4 is 5.32 Å². The van der Waals surface area contributed by atoms with Crippen LogP contribution in [0, 0.1) is 6.61 Å². The van der Waals surface area contributed by atoms with Crippen molar-refractivity contribution in [1.29, 1.82) is 0 Å². The van der Waals surface area contributed by atoms with Crippen LogP contribution in [0.3, 0.4) is 0 Å². The molecule has 43 valence electrons. The monoisotopic (exact) mass is 102 g/mol. The molecule has 0 spiro atoms. The second kappa shape index (κ2) is 5.92. The van der Waals surface area contributed by atoms with Crippen LogP contribution in [0.2, 0.25) is 0 Å². The van der Waals surface area contributed by atoms with E-state index in [-0.39, 0.29) is 0 Å². The normalized spacial score (nSPS) is 9.43. The van der Waals surface area contributed by atoms with Crippen molar-refractivity contribution in [2.24, 2.45) is 0 Å². The lowest BCUT2D eigenvalue weighted by Gasteiger charge is -1.95. The van der Waals surface area contributed by atoms with E-state index in [1.54, 1.807) is 6.61 Å². The van der Waals surface area contributed by atoms with Crippen molar-refractivity contribution in [2.45, 2.75) is 6.92 Å². The molecule has 2 nitrogen and oxygen atoms in total. The molecule has 0 amide bonds. The minimum atomic E-state index is 0.771. The first-order chi connectivity index (χ1) is 3.41. The lowest BCUT2D eigenvalue weighted by molar-refractivity contribution is 0.207. The number of rotatable bonds is 4. The van der Waals surface area contributed by atoms with E-state index in [0.717, 1.165) is 13.2 Å². The number of hydrogen-bond donors (Lipinski definition) is 1. The lowest BCUT2D eigenvalue weighted by Crippen LogP contribution is -2.12. The van der Waals surface area contributed by atoms with Crippen LogP contribution >= 0.6 is 0 Å². The minimum Gasteiger partial charge on any atom is -0.375 e. The fourth-order valence-electron chi connectivity index (χ4n) is 0.279. The summed E-state index contributed by atoms with van der Waals surface area (Å²) in [6.45, 7) is 5.25. The van der Waals surface area contributed by atoms with Crippen molar-refractivity contribution in [3.05, 3.63) is 6.61 Å². The summed E-state index contributed by atoms with van der Waals surface area (Å²) in [4.78, 5) is 0. The average molecular weight is 102 g/mol. The Morgan fingerprint density at radius 1 is 1.71 bits per heavy atom. The summed E-state index contributed by atoms with van der Waals surface area (Å²) < 4.78 is 4.89. The van der Waals surface area contributed by atoms with Gasteiger partial charge < -0.3 is 10.1 Å². The van der Waals surface area contributed by atoms with E-state index in [9.17, 15) is 0 Å². The van der Waals surface area contributed by atoms with Gasteiger partial charge in [0.25, 0.3) is 0 Å². The van der Waals surface area contributed by atoms with E-state index in [1.807, 2.05) is 14.0 Å². The summed E-state index contributed by atoms with van der Waals surface area (Å²) in [5.74, 6) is 0. The van der Waals surface area contributed by atoms with Crippen LogP contribution in [0.1, 0.15) is 6.92 Å². The molecule has 0 saturated carbocycles. The average Bonchev–Trinajstić information content (AvgIpc) is 1.69. The Hall–Kier alpha value is -0.0800. The molecule has 1 N–H and O–H groups in total. The molecule has 0 aromatic carbocycles. The summed E-state index contributed by atoms with van der Waals surface area (Å²) in [6.07, 6.45) is 0. The molecule has 0 saturated heterocycles. The van der Waals surface area contributed by atoms with E-state index in [0.29, 0.717) is 0 Å². The predicted octanol–water partition coefficient (Wildman–Crippen LogP) is 0.404. The Bertz CT molecular complexity index is 27.3. The Labute approximate surface area is 44.9 Å². The summed E-state index contributed by atoms with van der Waals surface area (Å²) in [6, 6.07) is 0. The van der Waals surface area contributed by atoms with Crippen molar-refractivity contribution in [3.63, 3.8) is 0 Å². The van der Waals surface area contributed by atoms with Gasteiger partial charge in [0, 0.05) is 6.54 Å². The molecule has 7 heavy (non-hydrogen) atoms. The molecule has 0 aliphatic carbocycles. The molecule has 0 bridgehead atoms. The topological polar surface area (TPSA) is 21.3 Å². The van der Waals surface area contributed by atoms with Gasteiger partial charge in [-0.25, -0.2) is 0 Å². The Kier molecular flexibility index (Phi) is 5.85. The van der Waals surface area contributed by atoms with Crippen LogP contribution in [0.4, 0.5) is 0 Å². The third kappa shape index (κ3) is 5.92. The smallest absolute Gasteiger partial charge is 0.0806 e. The first-order valence-corrected chi connectivity index (χ1v) is 2.46. The van der Waals surface area contributed by atoms with Crippen LogP contribution in [-0.2, 0) is 4.74 Å². The van der Waals surface area contributed by atoms with Crippen molar-refractivity contribution < 1.29 is 4.74 Å². The fourth-order valence-corrected chi connectivity index (χ4v) is 0.279. The van der Waals surface area contributed by atoms with Gasteiger partial charge in [-0.05, 0) is 14.0 Å². The second-order valence-corrected chi connectivity index (χ2v) is 1.21. The van der Waals surface area contributed by atoms with Crippen LogP contribution in [-0.4, -0.2) is 20.2 Å². The zero-order chi connectivity index (χ0) is 5.54. The third-order valence-electron chi connectivity index (χ3n) is 0.637. The third-order valence-corrected chi connectivity index (χ3v) is 0.637. The molecule has 0 rings (SSSR count). The van der Waals surface area contributed by atoms with Crippen LogP contribution in [0.25, 0.3) is 0 Å². The first-order valence-electron chi connectivity index (χ1n) is 2.46. The Morgan fingerprint density at radius 3 is 2.86 bits per heavy atom. The lowest BCUT2D eigenvalue weighted by atomic mass is 10.7. The highest BCUT2D eigenvalue weighted by Crippen LogP contribution is 1.73. The molecule has 0 aliphatic rings. The highest BCUT2D eigenvalue weighted by Gasteiger charge is 1.77. The van der Waals surface area contributed by atoms with Gasteiger partial charge >= 0.3 is 0 Å². The second-order valence-electron chi connectivity index (χ2n) is 1.21. The standard InChI is InChI=1S/C5H12NO/c1-3-7-5-4-6-2/h3,6H,4-5H2,1-2H3. The maximum atomic E-state index is 4.89. The molecule has 0 atom stereocenters. The summed E-state index contributed by atoms with van der Waals surface area (Å²) >= 11 is 0. The van der Waals surface area contributed by atoms with Crippen molar-refractivity contribution in [3.8, 4) is 0 Å². The molecule has 0 aliphatic heterocycles. The zero-order valence-corrected chi connectivity index (χ0v) is 4.90. The Balaban J connectivity index is 2.45. The number of hydrogen-bond acceptors (Lipinski definition) is 2. The molecular formula is C5H12NO. The van der Waals surface area contributed by atoms with Gasteiger partial charge in [-0.1, -0.05) is 0 Å². The molecule has 0 heterocycles. The fraction of sp³-hybridized carbons (Fsp3) is 0.800. The van der Waals surface area contributed by atoms with Gasteiger partial charge in [-0.3, -0.25) is 0 Å². The quantitative estimate of drug-likeness (QED) is 0.519. The summed E-state index contributed by atoms with van der Waals surface area (Å²) in [7, 11) is 1.90. The van der Waals surface area contributed by atoms with E-state index in [2.05, 4.69) is 5.32 Å². The number of likely N-dealkylation sites (N-methyl/N-ethyl adjacent to an activating group) is 1. The molecule has 0 aromatic rings. The maximum absolute atomic E-state index is 4.89. The van der Waals surface area contributed by atoms with E-state index < -0.39 is 0 Å². The van der Waals surface area contributed by atoms with Gasteiger partial charge in [0.15, 0.2) is 0 Å². The minimum absolute atomic E-state index is 0.771. The molecule has 2 heteroatoms. The van der Waals surface area contributed by atoms with Crippen molar-refractivity contribution in [2.75, 3.05) is 20.2 Å². The Morgan fingerprint density at radius 2 is 2.43 bits per heavy atom. The molecular weight excluding hydrogens is 90.1 g/mol. The van der Waals surface area contributed by atoms with Gasteiger partial charge in [0.05, 0.1) is 13.2 Å². The number of ether oxygens (including phenoxy) is 1.